The molecule has 8 nitrogen and oxygen atoms in total. The van der Waals surface area contributed by atoms with Crippen molar-refractivity contribution in [3.63, 3.8) is 0 Å². The normalized spacial score (nSPS) is 14.9. The summed E-state index contributed by atoms with van der Waals surface area (Å²) in [7, 11) is 3.29. The Kier molecular flexibility index (Phi) is 13.2. The number of hydrogen-bond donors (Lipinski definition) is 4. The zero-order valence-electron chi connectivity index (χ0n) is 24.4. The van der Waals surface area contributed by atoms with Gasteiger partial charge in [-0.25, -0.2) is 0 Å². The zero-order valence-corrected chi connectivity index (χ0v) is 24.4. The number of ether oxygens (including phenoxy) is 3. The summed E-state index contributed by atoms with van der Waals surface area (Å²) in [6, 6.07) is 14.5. The molecular weight excluding hydrogens is 496 g/mol. The molecule has 4 atom stereocenters. The molecule has 0 radical (unpaired) electrons. The third-order valence-corrected chi connectivity index (χ3v) is 7.34. The van der Waals surface area contributed by atoms with E-state index in [2.05, 4.69) is 19.2 Å². The molecule has 0 aliphatic rings. The molecule has 0 fully saturated rings. The number of carbonyl (C=O) groups excluding carboxylic acids is 1. The molecule has 1 unspecified atom stereocenters. The van der Waals surface area contributed by atoms with Crippen molar-refractivity contribution < 1.29 is 29.2 Å². The standard InChI is InChI=1S/C31H48N2O6/c1-21(2)24(17-22-13-14-27(38-6)28(18-22)39-16-10-15-37-5)19-25(32)26(34)20-33-30(36)31(3,4)29(35)23-11-8-7-9-12-23/h7-9,11-14,18,21,24-26,29,34-35H,10,15-17,19-20,32H2,1-6H3,(H,33,36)/t24-,25-,26-,29?/m0/s1. The van der Waals surface area contributed by atoms with Crippen LogP contribution >= 0.6 is 0 Å². The van der Waals surface area contributed by atoms with Gasteiger partial charge in [0.1, 0.15) is 0 Å². The van der Waals surface area contributed by atoms with Gasteiger partial charge in [0.25, 0.3) is 0 Å². The van der Waals surface area contributed by atoms with E-state index >= 15 is 0 Å². The molecule has 1 amide bonds. The maximum absolute atomic E-state index is 12.9. The average molecular weight is 545 g/mol. The summed E-state index contributed by atoms with van der Waals surface area (Å²) in [6.45, 7) is 8.83. The third kappa shape index (κ3) is 9.80. The number of aliphatic hydroxyl groups excluding tert-OH is 2. The van der Waals surface area contributed by atoms with Gasteiger partial charge in [-0.3, -0.25) is 4.79 Å². The molecule has 39 heavy (non-hydrogen) atoms. The fourth-order valence-corrected chi connectivity index (χ4v) is 4.50. The Hall–Kier alpha value is -2.65. The fourth-order valence-electron chi connectivity index (χ4n) is 4.50. The molecule has 0 aromatic heterocycles. The summed E-state index contributed by atoms with van der Waals surface area (Å²) < 4.78 is 16.5. The van der Waals surface area contributed by atoms with Crippen molar-refractivity contribution in [1.82, 2.24) is 5.32 Å². The zero-order chi connectivity index (χ0) is 29.0. The van der Waals surface area contributed by atoms with E-state index in [0.29, 0.717) is 42.6 Å². The van der Waals surface area contributed by atoms with Crippen LogP contribution in [0.3, 0.4) is 0 Å². The Morgan fingerprint density at radius 3 is 2.33 bits per heavy atom. The van der Waals surface area contributed by atoms with Crippen LogP contribution in [0, 0.1) is 17.3 Å². The minimum absolute atomic E-state index is 0.0117. The summed E-state index contributed by atoms with van der Waals surface area (Å²) >= 11 is 0. The highest BCUT2D eigenvalue weighted by Crippen LogP contribution is 2.34. The molecule has 0 aliphatic heterocycles. The molecule has 0 saturated heterocycles. The van der Waals surface area contributed by atoms with E-state index in [-0.39, 0.29) is 18.4 Å². The lowest BCUT2D eigenvalue weighted by Crippen LogP contribution is -2.48. The van der Waals surface area contributed by atoms with E-state index in [9.17, 15) is 15.0 Å². The molecular formula is C31H48N2O6. The van der Waals surface area contributed by atoms with Crippen LogP contribution in [0.15, 0.2) is 48.5 Å². The molecule has 0 heterocycles. The SMILES string of the molecule is COCCCOc1cc(C[C@@H](C[C@H](N)[C@@H](O)CNC(=O)C(C)(C)C(O)c2ccccc2)C(C)C)ccc1OC. The quantitative estimate of drug-likeness (QED) is 0.223. The molecule has 8 heteroatoms. The summed E-state index contributed by atoms with van der Waals surface area (Å²) in [5, 5.41) is 24.3. The lowest BCUT2D eigenvalue weighted by molar-refractivity contribution is -0.136. The van der Waals surface area contributed by atoms with Crippen LogP contribution in [-0.4, -0.2) is 62.2 Å². The topological polar surface area (TPSA) is 123 Å². The Balaban J connectivity index is 1.97. The second kappa shape index (κ2) is 15.8. The van der Waals surface area contributed by atoms with Gasteiger partial charge >= 0.3 is 0 Å². The lowest BCUT2D eigenvalue weighted by atomic mass is 9.81. The smallest absolute Gasteiger partial charge is 0.228 e. The molecule has 2 aromatic rings. The van der Waals surface area contributed by atoms with Crippen molar-refractivity contribution in [3.05, 3.63) is 59.7 Å². The van der Waals surface area contributed by atoms with Crippen LogP contribution in [0.2, 0.25) is 0 Å². The van der Waals surface area contributed by atoms with E-state index in [1.807, 2.05) is 36.4 Å². The Labute approximate surface area is 233 Å². The monoisotopic (exact) mass is 544 g/mol. The van der Waals surface area contributed by atoms with Gasteiger partial charge in [0.15, 0.2) is 11.5 Å². The van der Waals surface area contributed by atoms with E-state index in [1.54, 1.807) is 40.2 Å². The molecule has 0 aliphatic carbocycles. The Bertz CT molecular complexity index is 998. The van der Waals surface area contributed by atoms with E-state index in [4.69, 9.17) is 19.9 Å². The number of carbonyl (C=O) groups is 1. The van der Waals surface area contributed by atoms with Crippen molar-refractivity contribution in [2.24, 2.45) is 23.0 Å². The minimum Gasteiger partial charge on any atom is -0.493 e. The van der Waals surface area contributed by atoms with Gasteiger partial charge in [0.2, 0.25) is 5.91 Å². The molecule has 0 bridgehead atoms. The summed E-state index contributed by atoms with van der Waals surface area (Å²) in [5.74, 6) is 1.56. The largest absolute Gasteiger partial charge is 0.493 e. The first kappa shape index (κ1) is 32.6. The molecule has 2 aromatic carbocycles. The van der Waals surface area contributed by atoms with Crippen molar-refractivity contribution in [2.45, 2.75) is 65.2 Å². The van der Waals surface area contributed by atoms with Crippen molar-refractivity contribution >= 4 is 5.91 Å². The second-order valence-electron chi connectivity index (χ2n) is 11.1. The Morgan fingerprint density at radius 1 is 1.03 bits per heavy atom. The Morgan fingerprint density at radius 2 is 1.72 bits per heavy atom. The molecule has 0 saturated carbocycles. The van der Waals surface area contributed by atoms with Crippen LogP contribution in [0.25, 0.3) is 0 Å². The maximum atomic E-state index is 12.9. The summed E-state index contributed by atoms with van der Waals surface area (Å²) in [5.41, 5.74) is 7.10. The highest BCUT2D eigenvalue weighted by molar-refractivity contribution is 5.82. The van der Waals surface area contributed by atoms with Crippen LogP contribution in [0.1, 0.15) is 57.8 Å². The number of nitrogens with one attached hydrogen (secondary N) is 1. The molecule has 218 valence electrons. The number of methoxy groups -OCH3 is 2. The summed E-state index contributed by atoms with van der Waals surface area (Å²) in [4.78, 5) is 12.9. The number of benzene rings is 2. The first-order valence-electron chi connectivity index (χ1n) is 13.7. The number of amides is 1. The number of rotatable bonds is 17. The molecule has 2 rings (SSSR count). The first-order valence-corrected chi connectivity index (χ1v) is 13.7. The molecule has 5 N–H and O–H groups in total. The third-order valence-electron chi connectivity index (χ3n) is 7.34. The van der Waals surface area contributed by atoms with Crippen molar-refractivity contribution in [2.75, 3.05) is 34.0 Å². The average Bonchev–Trinajstić information content (AvgIpc) is 2.93. The van der Waals surface area contributed by atoms with Gasteiger partial charge in [-0.2, -0.15) is 0 Å². The highest BCUT2D eigenvalue weighted by atomic mass is 16.5. The van der Waals surface area contributed by atoms with E-state index in [1.165, 1.54) is 0 Å². The van der Waals surface area contributed by atoms with Crippen LogP contribution in [0.4, 0.5) is 0 Å². The fraction of sp³-hybridized carbons (Fsp3) is 0.581. The second-order valence-corrected chi connectivity index (χ2v) is 11.1. The maximum Gasteiger partial charge on any atom is 0.228 e. The summed E-state index contributed by atoms with van der Waals surface area (Å²) in [6.07, 6.45) is 0.230. The van der Waals surface area contributed by atoms with E-state index < -0.39 is 23.7 Å². The lowest BCUT2D eigenvalue weighted by Gasteiger charge is -2.31. The van der Waals surface area contributed by atoms with Gasteiger partial charge in [0, 0.05) is 32.7 Å². The van der Waals surface area contributed by atoms with Crippen LogP contribution in [0.5, 0.6) is 11.5 Å². The van der Waals surface area contributed by atoms with Crippen LogP contribution < -0.4 is 20.5 Å². The number of hydrogen-bond acceptors (Lipinski definition) is 7. The number of nitrogens with two attached hydrogens (primary N) is 1. The van der Waals surface area contributed by atoms with Gasteiger partial charge in [-0.05, 0) is 61.8 Å². The highest BCUT2D eigenvalue weighted by Gasteiger charge is 2.37. The van der Waals surface area contributed by atoms with E-state index in [0.717, 1.165) is 18.4 Å². The predicted octanol–water partition coefficient (Wildman–Crippen LogP) is 3.88. The van der Waals surface area contributed by atoms with Crippen LogP contribution in [-0.2, 0) is 16.0 Å². The van der Waals surface area contributed by atoms with Gasteiger partial charge < -0.3 is 35.5 Å². The van der Waals surface area contributed by atoms with Gasteiger partial charge in [0.05, 0.1) is 31.3 Å². The first-order chi connectivity index (χ1) is 18.5. The van der Waals surface area contributed by atoms with Gasteiger partial charge in [-0.15, -0.1) is 0 Å². The van der Waals surface area contributed by atoms with Crippen molar-refractivity contribution in [1.29, 1.82) is 0 Å². The molecule has 0 spiro atoms. The van der Waals surface area contributed by atoms with Crippen molar-refractivity contribution in [3.8, 4) is 11.5 Å². The minimum atomic E-state index is -1.08. The number of aliphatic hydroxyl groups is 2. The predicted molar refractivity (Wildman–Crippen MR) is 154 cm³/mol. The van der Waals surface area contributed by atoms with Gasteiger partial charge in [-0.1, -0.05) is 50.2 Å².